The molecule has 1 unspecified atom stereocenters. The molecule has 4 heteroatoms. The normalized spacial score (nSPS) is 16.2. The average Bonchev–Trinajstić information content (AvgIpc) is 2.46. The van der Waals surface area contributed by atoms with Crippen LogP contribution in [0, 0.1) is 5.92 Å². The second-order valence-electron chi connectivity index (χ2n) is 5.15. The Morgan fingerprint density at radius 1 is 1.20 bits per heavy atom. The summed E-state index contributed by atoms with van der Waals surface area (Å²) < 4.78 is 5.15. The molecule has 1 N–H and O–H groups in total. The van der Waals surface area contributed by atoms with Crippen molar-refractivity contribution in [3.8, 4) is 5.88 Å². The van der Waals surface area contributed by atoms with E-state index in [1.165, 1.54) is 24.8 Å². The van der Waals surface area contributed by atoms with Gasteiger partial charge in [0.15, 0.2) is 0 Å². The Balaban J connectivity index is 1.82. The van der Waals surface area contributed by atoms with E-state index in [1.54, 1.807) is 19.4 Å². The summed E-state index contributed by atoms with van der Waals surface area (Å²) in [4.78, 5) is 8.64. The zero-order valence-corrected chi connectivity index (χ0v) is 11.6. The fourth-order valence-electron chi connectivity index (χ4n) is 2.57. The van der Waals surface area contributed by atoms with Crippen LogP contribution < -0.4 is 10.1 Å². The molecule has 1 fully saturated rings. The van der Waals surface area contributed by atoms with Gasteiger partial charge >= 0.3 is 0 Å². The number of aromatic nitrogens is 2. The van der Waals surface area contributed by atoms with Gasteiger partial charge in [0, 0.05) is 12.3 Å². The number of hydrogen-bond donors (Lipinski definition) is 1. The Hall–Kier alpha value is -2.10. The fraction of sp³-hybridized carbons (Fsp3) is 0.375. The van der Waals surface area contributed by atoms with Crippen LogP contribution in [-0.4, -0.2) is 17.1 Å². The molecular weight excluding hydrogens is 250 g/mol. The lowest BCUT2D eigenvalue weighted by Gasteiger charge is -2.34. The highest BCUT2D eigenvalue weighted by molar-refractivity contribution is 5.34. The molecule has 1 saturated carbocycles. The number of nitrogens with zero attached hydrogens (tertiary/aromatic N) is 2. The first-order chi connectivity index (χ1) is 9.86. The zero-order valence-electron chi connectivity index (χ0n) is 11.6. The number of hydrogen-bond acceptors (Lipinski definition) is 4. The maximum absolute atomic E-state index is 5.15. The highest BCUT2D eigenvalue weighted by Crippen LogP contribution is 2.39. The monoisotopic (exact) mass is 269 g/mol. The van der Waals surface area contributed by atoms with Gasteiger partial charge in [-0.05, 0) is 24.3 Å². The van der Waals surface area contributed by atoms with Gasteiger partial charge in [-0.25, -0.2) is 4.98 Å². The van der Waals surface area contributed by atoms with E-state index in [9.17, 15) is 0 Å². The minimum absolute atomic E-state index is 0.275. The SMILES string of the molecule is COc1ccnc(NC(c2ccccc2)C2CCC2)n1. The number of rotatable bonds is 5. The summed E-state index contributed by atoms with van der Waals surface area (Å²) in [5.41, 5.74) is 1.30. The third-order valence-electron chi connectivity index (χ3n) is 3.90. The standard InChI is InChI=1S/C16H19N3O/c1-20-14-10-11-17-16(18-14)19-15(13-8-5-9-13)12-6-3-2-4-7-12/h2-4,6-7,10-11,13,15H,5,8-9H2,1H3,(H,17,18,19). The highest BCUT2D eigenvalue weighted by atomic mass is 16.5. The van der Waals surface area contributed by atoms with E-state index in [4.69, 9.17) is 4.74 Å². The van der Waals surface area contributed by atoms with Crippen molar-refractivity contribution in [2.75, 3.05) is 12.4 Å². The van der Waals surface area contributed by atoms with Gasteiger partial charge in [0.2, 0.25) is 11.8 Å². The van der Waals surface area contributed by atoms with Crippen molar-refractivity contribution in [2.45, 2.75) is 25.3 Å². The molecule has 0 spiro atoms. The van der Waals surface area contributed by atoms with Crippen molar-refractivity contribution in [3.63, 3.8) is 0 Å². The molecule has 1 aliphatic carbocycles. The van der Waals surface area contributed by atoms with E-state index < -0.39 is 0 Å². The lowest BCUT2D eigenvalue weighted by Crippen LogP contribution is -2.27. The first kappa shape index (κ1) is 12.9. The summed E-state index contributed by atoms with van der Waals surface area (Å²) in [6.45, 7) is 0. The van der Waals surface area contributed by atoms with Crippen molar-refractivity contribution < 1.29 is 4.74 Å². The highest BCUT2D eigenvalue weighted by Gasteiger charge is 2.28. The van der Waals surface area contributed by atoms with Gasteiger partial charge in [0.1, 0.15) is 0 Å². The number of benzene rings is 1. The van der Waals surface area contributed by atoms with Crippen molar-refractivity contribution in [3.05, 3.63) is 48.2 Å². The summed E-state index contributed by atoms with van der Waals surface area (Å²) in [5, 5.41) is 3.47. The third-order valence-corrected chi connectivity index (χ3v) is 3.90. The number of nitrogens with one attached hydrogen (secondary N) is 1. The average molecular weight is 269 g/mol. The second kappa shape index (κ2) is 5.90. The van der Waals surface area contributed by atoms with Gasteiger partial charge in [-0.15, -0.1) is 0 Å². The number of ether oxygens (including phenoxy) is 1. The molecule has 0 radical (unpaired) electrons. The predicted octanol–water partition coefficient (Wildman–Crippen LogP) is 3.44. The van der Waals surface area contributed by atoms with Crippen LogP contribution in [0.3, 0.4) is 0 Å². The van der Waals surface area contributed by atoms with Gasteiger partial charge in [-0.2, -0.15) is 4.98 Å². The molecule has 2 aromatic rings. The third kappa shape index (κ3) is 2.74. The molecule has 1 aromatic carbocycles. The molecule has 1 aliphatic rings. The van der Waals surface area contributed by atoms with E-state index >= 15 is 0 Å². The number of methoxy groups -OCH3 is 1. The Morgan fingerprint density at radius 3 is 2.65 bits per heavy atom. The van der Waals surface area contributed by atoms with Crippen LogP contribution in [0.4, 0.5) is 5.95 Å². The maximum atomic E-state index is 5.15. The molecule has 1 aromatic heterocycles. The topological polar surface area (TPSA) is 47.0 Å². The molecule has 0 bridgehead atoms. The zero-order chi connectivity index (χ0) is 13.8. The van der Waals surface area contributed by atoms with E-state index in [-0.39, 0.29) is 6.04 Å². The van der Waals surface area contributed by atoms with Gasteiger partial charge in [0.05, 0.1) is 13.2 Å². The van der Waals surface area contributed by atoms with Crippen LogP contribution in [0.25, 0.3) is 0 Å². The van der Waals surface area contributed by atoms with Crippen LogP contribution in [0.15, 0.2) is 42.6 Å². The van der Waals surface area contributed by atoms with Crippen LogP contribution in [0.5, 0.6) is 5.88 Å². The van der Waals surface area contributed by atoms with E-state index in [0.29, 0.717) is 17.7 Å². The first-order valence-electron chi connectivity index (χ1n) is 7.05. The van der Waals surface area contributed by atoms with Crippen molar-refractivity contribution in [2.24, 2.45) is 5.92 Å². The molecule has 4 nitrogen and oxygen atoms in total. The lowest BCUT2D eigenvalue weighted by molar-refractivity contribution is 0.276. The quantitative estimate of drug-likeness (QED) is 0.903. The summed E-state index contributed by atoms with van der Waals surface area (Å²) in [6.07, 6.45) is 5.55. The lowest BCUT2D eigenvalue weighted by atomic mass is 9.77. The molecule has 1 heterocycles. The molecule has 1 atom stereocenters. The predicted molar refractivity (Wildman–Crippen MR) is 78.7 cm³/mol. The molecule has 0 saturated heterocycles. The van der Waals surface area contributed by atoms with Gasteiger partial charge in [-0.3, -0.25) is 0 Å². The van der Waals surface area contributed by atoms with E-state index in [1.807, 2.05) is 6.07 Å². The minimum Gasteiger partial charge on any atom is -0.481 e. The van der Waals surface area contributed by atoms with Crippen molar-refractivity contribution in [1.29, 1.82) is 0 Å². The van der Waals surface area contributed by atoms with Crippen LogP contribution in [-0.2, 0) is 0 Å². The largest absolute Gasteiger partial charge is 0.481 e. The van der Waals surface area contributed by atoms with E-state index in [2.05, 4.69) is 39.6 Å². The molecule has 104 valence electrons. The molecule has 0 amide bonds. The molecule has 3 rings (SSSR count). The molecule has 20 heavy (non-hydrogen) atoms. The smallest absolute Gasteiger partial charge is 0.226 e. The summed E-state index contributed by atoms with van der Waals surface area (Å²) >= 11 is 0. The Morgan fingerprint density at radius 2 is 2.00 bits per heavy atom. The van der Waals surface area contributed by atoms with Crippen LogP contribution >= 0.6 is 0 Å². The van der Waals surface area contributed by atoms with Gasteiger partial charge < -0.3 is 10.1 Å². The minimum atomic E-state index is 0.275. The van der Waals surface area contributed by atoms with Crippen LogP contribution in [0.1, 0.15) is 30.9 Å². The van der Waals surface area contributed by atoms with Crippen molar-refractivity contribution >= 4 is 5.95 Å². The van der Waals surface area contributed by atoms with Gasteiger partial charge in [-0.1, -0.05) is 36.8 Å². The summed E-state index contributed by atoms with van der Waals surface area (Å²) in [5.74, 6) is 1.88. The van der Waals surface area contributed by atoms with Crippen LogP contribution in [0.2, 0.25) is 0 Å². The number of anilines is 1. The summed E-state index contributed by atoms with van der Waals surface area (Å²) in [6, 6.07) is 12.6. The molecule has 0 aliphatic heterocycles. The maximum Gasteiger partial charge on any atom is 0.226 e. The fourth-order valence-corrected chi connectivity index (χ4v) is 2.57. The molecular formula is C16H19N3O. The second-order valence-corrected chi connectivity index (χ2v) is 5.15. The first-order valence-corrected chi connectivity index (χ1v) is 7.05. The van der Waals surface area contributed by atoms with Gasteiger partial charge in [0.25, 0.3) is 0 Å². The summed E-state index contributed by atoms with van der Waals surface area (Å²) in [7, 11) is 1.62. The Labute approximate surface area is 119 Å². The van der Waals surface area contributed by atoms with Crippen molar-refractivity contribution in [1.82, 2.24) is 9.97 Å². The van der Waals surface area contributed by atoms with E-state index in [0.717, 1.165) is 0 Å². The Kier molecular flexibility index (Phi) is 3.81. The Bertz CT molecular complexity index is 555.